The fourth-order valence-electron chi connectivity index (χ4n) is 1.65. The number of halogens is 2. The normalized spacial score (nSPS) is 13.2. The van der Waals surface area contributed by atoms with Crippen molar-refractivity contribution in [2.24, 2.45) is 5.41 Å². The Kier molecular flexibility index (Phi) is 5.59. The van der Waals surface area contributed by atoms with Crippen LogP contribution >= 0.6 is 23.2 Å². The molecule has 106 valence electrons. The van der Waals surface area contributed by atoms with E-state index < -0.39 is 0 Å². The Morgan fingerprint density at radius 2 is 2.05 bits per heavy atom. The van der Waals surface area contributed by atoms with Crippen molar-refractivity contribution < 1.29 is 9.90 Å². The first-order chi connectivity index (χ1) is 8.75. The molecule has 0 spiro atoms. The molecule has 1 unspecified atom stereocenters. The van der Waals surface area contributed by atoms with Crippen molar-refractivity contribution in [3.63, 3.8) is 0 Å². The molecule has 0 saturated heterocycles. The van der Waals surface area contributed by atoms with Crippen LogP contribution in [0.4, 0.5) is 0 Å². The Hall–Kier alpha value is -0.840. The van der Waals surface area contributed by atoms with Crippen LogP contribution in [0.3, 0.4) is 0 Å². The number of aliphatic hydroxyl groups excluding tert-OH is 1. The summed E-state index contributed by atoms with van der Waals surface area (Å²) in [5.41, 5.74) is -0.0787. The smallest absolute Gasteiger partial charge is 0.271 e. The van der Waals surface area contributed by atoms with Gasteiger partial charge in [0.15, 0.2) is 0 Å². The second-order valence-corrected chi connectivity index (χ2v) is 6.16. The van der Waals surface area contributed by atoms with Gasteiger partial charge in [0.25, 0.3) is 5.91 Å². The minimum Gasteiger partial charge on any atom is -0.396 e. The number of carbonyl (C=O) groups is 1. The molecule has 6 heteroatoms. The van der Waals surface area contributed by atoms with Gasteiger partial charge in [0.2, 0.25) is 0 Å². The number of nitrogens with zero attached hydrogens (tertiary/aromatic N) is 1. The largest absolute Gasteiger partial charge is 0.396 e. The lowest BCUT2D eigenvalue weighted by molar-refractivity contribution is 0.0880. The van der Waals surface area contributed by atoms with Gasteiger partial charge >= 0.3 is 0 Å². The summed E-state index contributed by atoms with van der Waals surface area (Å²) < 4.78 is 0. The summed E-state index contributed by atoms with van der Waals surface area (Å²) in [6, 6.07) is 2.88. The molecule has 0 bridgehead atoms. The lowest BCUT2D eigenvalue weighted by atomic mass is 9.85. The lowest BCUT2D eigenvalue weighted by Crippen LogP contribution is -2.44. The fourth-order valence-corrected chi connectivity index (χ4v) is 1.99. The summed E-state index contributed by atoms with van der Waals surface area (Å²) in [5.74, 6) is -0.388. The van der Waals surface area contributed by atoms with Gasteiger partial charge in [-0.05, 0) is 24.0 Å². The van der Waals surface area contributed by atoms with Gasteiger partial charge in [0, 0.05) is 12.6 Å². The van der Waals surface area contributed by atoms with Gasteiger partial charge in [-0.25, -0.2) is 4.98 Å². The zero-order valence-electron chi connectivity index (χ0n) is 11.2. The minimum atomic E-state index is -0.388. The van der Waals surface area contributed by atoms with Gasteiger partial charge in [-0.15, -0.1) is 0 Å². The first-order valence-corrected chi connectivity index (χ1v) is 6.75. The minimum absolute atomic E-state index is 0.00107. The Morgan fingerprint density at radius 1 is 1.42 bits per heavy atom. The van der Waals surface area contributed by atoms with Gasteiger partial charge < -0.3 is 10.4 Å². The van der Waals surface area contributed by atoms with Crippen LogP contribution in [0, 0.1) is 5.41 Å². The van der Waals surface area contributed by atoms with Crippen molar-refractivity contribution in [2.75, 3.05) is 6.61 Å². The molecule has 0 aromatic carbocycles. The maximum atomic E-state index is 12.2. The SMILES string of the molecule is CC(C)(C)C(CCO)NC(=O)c1nc(Cl)ccc1Cl. The number of carbonyl (C=O) groups excluding carboxylic acids is 1. The maximum absolute atomic E-state index is 12.2. The molecule has 0 radical (unpaired) electrons. The van der Waals surface area contributed by atoms with E-state index in [1.54, 1.807) is 0 Å². The summed E-state index contributed by atoms with van der Waals surface area (Å²) >= 11 is 11.7. The molecule has 1 heterocycles. The molecule has 2 N–H and O–H groups in total. The third kappa shape index (κ3) is 4.64. The number of hydrogen-bond donors (Lipinski definition) is 2. The highest BCUT2D eigenvalue weighted by molar-refractivity contribution is 6.34. The van der Waals surface area contributed by atoms with E-state index in [4.69, 9.17) is 28.3 Å². The molecule has 0 aliphatic carbocycles. The van der Waals surface area contributed by atoms with E-state index in [1.807, 2.05) is 20.8 Å². The Morgan fingerprint density at radius 3 is 2.58 bits per heavy atom. The van der Waals surface area contributed by atoms with Crippen LogP contribution in [-0.4, -0.2) is 28.6 Å². The molecule has 19 heavy (non-hydrogen) atoms. The summed E-state index contributed by atoms with van der Waals surface area (Å²) in [6.45, 7) is 5.96. The van der Waals surface area contributed by atoms with E-state index in [0.29, 0.717) is 6.42 Å². The van der Waals surface area contributed by atoms with Gasteiger partial charge in [-0.2, -0.15) is 0 Å². The summed E-state index contributed by atoms with van der Waals surface area (Å²) in [4.78, 5) is 16.1. The van der Waals surface area contributed by atoms with Gasteiger partial charge in [-0.1, -0.05) is 44.0 Å². The van der Waals surface area contributed by atoms with E-state index >= 15 is 0 Å². The Bertz CT molecular complexity index is 458. The second-order valence-electron chi connectivity index (χ2n) is 5.37. The molecule has 1 amide bonds. The first-order valence-electron chi connectivity index (χ1n) is 5.99. The standard InChI is InChI=1S/C13H18Cl2N2O2/c1-13(2,3)9(6-7-18)16-12(19)11-8(14)4-5-10(15)17-11/h4-5,9,18H,6-7H2,1-3H3,(H,16,19). The van der Waals surface area contributed by atoms with Crippen molar-refractivity contribution in [2.45, 2.75) is 33.2 Å². The van der Waals surface area contributed by atoms with Crippen molar-refractivity contribution in [3.8, 4) is 0 Å². The number of nitrogens with one attached hydrogen (secondary N) is 1. The van der Waals surface area contributed by atoms with Crippen molar-refractivity contribution in [3.05, 3.63) is 28.0 Å². The topological polar surface area (TPSA) is 62.2 Å². The number of amides is 1. The highest BCUT2D eigenvalue weighted by atomic mass is 35.5. The average molecular weight is 305 g/mol. The van der Waals surface area contributed by atoms with E-state index in [-0.39, 0.29) is 39.8 Å². The summed E-state index contributed by atoms with van der Waals surface area (Å²) in [7, 11) is 0. The van der Waals surface area contributed by atoms with Crippen LogP contribution < -0.4 is 5.32 Å². The number of aliphatic hydroxyl groups is 1. The summed E-state index contributed by atoms with van der Waals surface area (Å²) in [6.07, 6.45) is 0.466. The number of pyridine rings is 1. The average Bonchev–Trinajstić information content (AvgIpc) is 2.30. The Balaban J connectivity index is 2.91. The van der Waals surface area contributed by atoms with Crippen LogP contribution in [0.1, 0.15) is 37.7 Å². The number of hydrogen-bond acceptors (Lipinski definition) is 3. The number of rotatable bonds is 4. The van der Waals surface area contributed by atoms with Crippen LogP contribution in [-0.2, 0) is 0 Å². The van der Waals surface area contributed by atoms with Gasteiger partial charge in [0.1, 0.15) is 10.8 Å². The second kappa shape index (κ2) is 6.55. The number of aromatic nitrogens is 1. The molecule has 1 atom stereocenters. The molecule has 1 aromatic heterocycles. The molecule has 1 rings (SSSR count). The molecule has 1 aromatic rings. The lowest BCUT2D eigenvalue weighted by Gasteiger charge is -2.31. The fraction of sp³-hybridized carbons (Fsp3) is 0.538. The van der Waals surface area contributed by atoms with Crippen molar-refractivity contribution in [1.82, 2.24) is 10.3 Å². The van der Waals surface area contributed by atoms with Gasteiger partial charge in [-0.3, -0.25) is 4.79 Å². The third-order valence-corrected chi connectivity index (χ3v) is 3.31. The molecular weight excluding hydrogens is 287 g/mol. The zero-order chi connectivity index (χ0) is 14.6. The molecule has 0 aliphatic rings. The van der Waals surface area contributed by atoms with Gasteiger partial charge in [0.05, 0.1) is 5.02 Å². The highest BCUT2D eigenvalue weighted by Gasteiger charge is 2.27. The van der Waals surface area contributed by atoms with Crippen LogP contribution in [0.15, 0.2) is 12.1 Å². The van der Waals surface area contributed by atoms with Crippen LogP contribution in [0.25, 0.3) is 0 Å². The zero-order valence-corrected chi connectivity index (χ0v) is 12.7. The Labute approximate surface area is 123 Å². The van der Waals surface area contributed by atoms with Crippen molar-refractivity contribution >= 4 is 29.1 Å². The third-order valence-electron chi connectivity index (χ3n) is 2.80. The van der Waals surface area contributed by atoms with E-state index in [9.17, 15) is 4.79 Å². The van der Waals surface area contributed by atoms with E-state index in [1.165, 1.54) is 12.1 Å². The maximum Gasteiger partial charge on any atom is 0.271 e. The molecule has 0 aliphatic heterocycles. The van der Waals surface area contributed by atoms with E-state index in [0.717, 1.165) is 0 Å². The quantitative estimate of drug-likeness (QED) is 0.841. The molecule has 0 fully saturated rings. The molecular formula is C13H18Cl2N2O2. The first kappa shape index (κ1) is 16.2. The monoisotopic (exact) mass is 304 g/mol. The van der Waals surface area contributed by atoms with Crippen LogP contribution in [0.2, 0.25) is 10.2 Å². The molecule has 4 nitrogen and oxygen atoms in total. The predicted octanol–water partition coefficient (Wildman–Crippen LogP) is 2.92. The highest BCUT2D eigenvalue weighted by Crippen LogP contribution is 2.23. The van der Waals surface area contributed by atoms with Crippen LogP contribution in [0.5, 0.6) is 0 Å². The van der Waals surface area contributed by atoms with Crippen molar-refractivity contribution in [1.29, 1.82) is 0 Å². The van der Waals surface area contributed by atoms with E-state index in [2.05, 4.69) is 10.3 Å². The molecule has 0 saturated carbocycles. The summed E-state index contributed by atoms with van der Waals surface area (Å²) in [5, 5.41) is 12.4. The predicted molar refractivity (Wildman–Crippen MR) is 76.7 cm³/mol.